The van der Waals surface area contributed by atoms with Gasteiger partial charge in [-0.2, -0.15) is 0 Å². The molecule has 0 saturated heterocycles. The molecular formula is C17H23N. The summed E-state index contributed by atoms with van der Waals surface area (Å²) < 4.78 is 0. The number of rotatable bonds is 3. The molecule has 0 heterocycles. The average Bonchev–Trinajstić information content (AvgIpc) is 2.34. The Morgan fingerprint density at radius 3 is 2.33 bits per heavy atom. The molecule has 18 heavy (non-hydrogen) atoms. The van der Waals surface area contributed by atoms with Gasteiger partial charge in [-0.25, -0.2) is 0 Å². The lowest BCUT2D eigenvalue weighted by atomic mass is 9.82. The van der Waals surface area contributed by atoms with Gasteiger partial charge in [0, 0.05) is 6.04 Å². The van der Waals surface area contributed by atoms with Gasteiger partial charge in [0.1, 0.15) is 0 Å². The molecule has 0 aromatic heterocycles. The summed E-state index contributed by atoms with van der Waals surface area (Å²) in [4.78, 5) is 0. The maximum atomic E-state index is 3.46. The fraction of sp³-hybridized carbons (Fsp3) is 0.412. The van der Waals surface area contributed by atoms with E-state index in [1.807, 2.05) is 0 Å². The number of hydrogen-bond donors (Lipinski definition) is 1. The van der Waals surface area contributed by atoms with Gasteiger partial charge in [-0.05, 0) is 35.2 Å². The fourth-order valence-corrected chi connectivity index (χ4v) is 2.53. The maximum absolute atomic E-state index is 3.46. The van der Waals surface area contributed by atoms with E-state index in [0.717, 1.165) is 6.42 Å². The van der Waals surface area contributed by atoms with Crippen LogP contribution in [0.1, 0.15) is 26.3 Å². The highest BCUT2D eigenvalue weighted by atomic mass is 14.9. The number of fused-ring (bicyclic) bond motifs is 1. The summed E-state index contributed by atoms with van der Waals surface area (Å²) in [5.74, 6) is 0. The minimum Gasteiger partial charge on any atom is -0.316 e. The van der Waals surface area contributed by atoms with E-state index in [2.05, 4.69) is 75.6 Å². The molecule has 1 nitrogen and oxygen atoms in total. The molecule has 0 radical (unpaired) electrons. The van der Waals surface area contributed by atoms with Crippen molar-refractivity contribution in [3.63, 3.8) is 0 Å². The number of hydrogen-bond acceptors (Lipinski definition) is 1. The molecule has 2 aromatic rings. The van der Waals surface area contributed by atoms with Gasteiger partial charge in [-0.3, -0.25) is 0 Å². The molecule has 0 aliphatic rings. The molecule has 0 spiro atoms. The van der Waals surface area contributed by atoms with E-state index in [9.17, 15) is 0 Å². The second-order valence-corrected chi connectivity index (χ2v) is 6.05. The van der Waals surface area contributed by atoms with E-state index >= 15 is 0 Å². The van der Waals surface area contributed by atoms with E-state index in [4.69, 9.17) is 0 Å². The molecule has 1 atom stereocenters. The van der Waals surface area contributed by atoms with Gasteiger partial charge in [0.05, 0.1) is 0 Å². The first kappa shape index (κ1) is 13.1. The van der Waals surface area contributed by atoms with Gasteiger partial charge in [0.2, 0.25) is 0 Å². The zero-order valence-electron chi connectivity index (χ0n) is 11.8. The first-order valence-corrected chi connectivity index (χ1v) is 6.66. The van der Waals surface area contributed by atoms with Gasteiger partial charge >= 0.3 is 0 Å². The Labute approximate surface area is 110 Å². The monoisotopic (exact) mass is 241 g/mol. The van der Waals surface area contributed by atoms with Crippen LogP contribution in [0.3, 0.4) is 0 Å². The van der Waals surface area contributed by atoms with Crippen molar-refractivity contribution in [2.24, 2.45) is 5.41 Å². The van der Waals surface area contributed by atoms with Crippen LogP contribution in [0.2, 0.25) is 0 Å². The molecule has 0 fully saturated rings. The van der Waals surface area contributed by atoms with E-state index in [1.165, 1.54) is 16.3 Å². The molecule has 0 aliphatic carbocycles. The summed E-state index contributed by atoms with van der Waals surface area (Å²) >= 11 is 0. The van der Waals surface area contributed by atoms with Crippen molar-refractivity contribution in [2.75, 3.05) is 7.05 Å². The third-order valence-corrected chi connectivity index (χ3v) is 3.70. The second-order valence-electron chi connectivity index (χ2n) is 6.05. The molecule has 1 N–H and O–H groups in total. The summed E-state index contributed by atoms with van der Waals surface area (Å²) in [5.41, 5.74) is 1.70. The molecule has 96 valence electrons. The van der Waals surface area contributed by atoms with Crippen molar-refractivity contribution in [1.82, 2.24) is 5.32 Å². The molecule has 0 saturated carbocycles. The highest BCUT2D eigenvalue weighted by Gasteiger charge is 2.23. The lowest BCUT2D eigenvalue weighted by molar-refractivity contribution is 0.280. The Morgan fingerprint density at radius 1 is 1.00 bits per heavy atom. The maximum Gasteiger partial charge on any atom is 0.0153 e. The fourth-order valence-electron chi connectivity index (χ4n) is 2.53. The molecule has 0 bridgehead atoms. The molecule has 0 amide bonds. The zero-order valence-corrected chi connectivity index (χ0v) is 11.8. The van der Waals surface area contributed by atoms with Crippen molar-refractivity contribution in [3.05, 3.63) is 48.0 Å². The van der Waals surface area contributed by atoms with Gasteiger partial charge in [-0.15, -0.1) is 0 Å². The average molecular weight is 241 g/mol. The zero-order chi connectivity index (χ0) is 13.2. The number of nitrogens with one attached hydrogen (secondary N) is 1. The van der Waals surface area contributed by atoms with Crippen molar-refractivity contribution < 1.29 is 0 Å². The Kier molecular flexibility index (Phi) is 3.72. The van der Waals surface area contributed by atoms with Crippen LogP contribution in [0.4, 0.5) is 0 Å². The summed E-state index contributed by atoms with van der Waals surface area (Å²) in [7, 11) is 2.06. The van der Waals surface area contributed by atoms with E-state index in [0.29, 0.717) is 6.04 Å². The summed E-state index contributed by atoms with van der Waals surface area (Å²) in [6, 6.07) is 15.7. The summed E-state index contributed by atoms with van der Waals surface area (Å²) in [5, 5.41) is 6.17. The Bertz CT molecular complexity index is 517. The van der Waals surface area contributed by atoms with Gasteiger partial charge in [0.25, 0.3) is 0 Å². The largest absolute Gasteiger partial charge is 0.316 e. The highest BCUT2D eigenvalue weighted by molar-refractivity contribution is 5.85. The normalized spacial score (nSPS) is 13.8. The SMILES string of the molecule is CNC(Cc1cccc2ccccc12)C(C)(C)C. The van der Waals surface area contributed by atoms with Crippen LogP contribution in [0.15, 0.2) is 42.5 Å². The first-order chi connectivity index (χ1) is 8.52. The predicted molar refractivity (Wildman–Crippen MR) is 80.0 cm³/mol. The van der Waals surface area contributed by atoms with Crippen molar-refractivity contribution >= 4 is 10.8 Å². The van der Waals surface area contributed by atoms with E-state index in [1.54, 1.807) is 0 Å². The van der Waals surface area contributed by atoms with Crippen LogP contribution < -0.4 is 5.32 Å². The van der Waals surface area contributed by atoms with Crippen molar-refractivity contribution in [1.29, 1.82) is 0 Å². The van der Waals surface area contributed by atoms with Gasteiger partial charge < -0.3 is 5.32 Å². The Morgan fingerprint density at radius 2 is 1.67 bits per heavy atom. The van der Waals surface area contributed by atoms with E-state index in [-0.39, 0.29) is 5.41 Å². The molecule has 2 aromatic carbocycles. The predicted octanol–water partition coefficient (Wildman–Crippen LogP) is 4.02. The standard InChI is InChI=1S/C17H23N/c1-17(2,3)16(18-4)12-14-10-7-9-13-8-5-6-11-15(13)14/h5-11,16,18H,12H2,1-4H3. The van der Waals surface area contributed by atoms with Crippen LogP contribution in [0, 0.1) is 5.41 Å². The van der Waals surface area contributed by atoms with Crippen LogP contribution in [-0.4, -0.2) is 13.1 Å². The van der Waals surface area contributed by atoms with Crippen molar-refractivity contribution in [2.45, 2.75) is 33.2 Å². The minimum absolute atomic E-state index is 0.270. The third-order valence-electron chi connectivity index (χ3n) is 3.70. The highest BCUT2D eigenvalue weighted by Crippen LogP contribution is 2.26. The quantitative estimate of drug-likeness (QED) is 0.856. The number of likely N-dealkylation sites (N-methyl/N-ethyl adjacent to an activating group) is 1. The molecular weight excluding hydrogens is 218 g/mol. The Balaban J connectivity index is 2.37. The number of benzene rings is 2. The summed E-state index contributed by atoms with van der Waals surface area (Å²) in [6.07, 6.45) is 1.07. The van der Waals surface area contributed by atoms with E-state index < -0.39 is 0 Å². The first-order valence-electron chi connectivity index (χ1n) is 6.66. The molecule has 0 aliphatic heterocycles. The van der Waals surface area contributed by atoms with Crippen LogP contribution in [0.25, 0.3) is 10.8 Å². The van der Waals surface area contributed by atoms with Crippen LogP contribution in [0.5, 0.6) is 0 Å². The molecule has 2 rings (SSSR count). The lowest BCUT2D eigenvalue weighted by Crippen LogP contribution is -2.39. The van der Waals surface area contributed by atoms with Gasteiger partial charge in [-0.1, -0.05) is 63.2 Å². The smallest absolute Gasteiger partial charge is 0.0153 e. The topological polar surface area (TPSA) is 12.0 Å². The lowest BCUT2D eigenvalue weighted by Gasteiger charge is -2.31. The molecule has 1 unspecified atom stereocenters. The molecule has 1 heteroatoms. The van der Waals surface area contributed by atoms with Crippen LogP contribution >= 0.6 is 0 Å². The van der Waals surface area contributed by atoms with Crippen molar-refractivity contribution in [3.8, 4) is 0 Å². The second kappa shape index (κ2) is 5.11. The Hall–Kier alpha value is -1.34. The minimum atomic E-state index is 0.270. The third kappa shape index (κ3) is 2.73. The summed E-state index contributed by atoms with van der Waals surface area (Å²) in [6.45, 7) is 6.87. The van der Waals surface area contributed by atoms with Crippen LogP contribution in [-0.2, 0) is 6.42 Å². The van der Waals surface area contributed by atoms with Gasteiger partial charge in [0.15, 0.2) is 0 Å².